The van der Waals surface area contributed by atoms with Crippen LogP contribution in [-0.2, 0) is 4.79 Å². The van der Waals surface area contributed by atoms with E-state index in [4.69, 9.17) is 0 Å². The molecule has 0 aliphatic heterocycles. The highest BCUT2D eigenvalue weighted by molar-refractivity contribution is 7.99. The summed E-state index contributed by atoms with van der Waals surface area (Å²) in [6.07, 6.45) is 1.61. The zero-order valence-corrected chi connectivity index (χ0v) is 14.3. The summed E-state index contributed by atoms with van der Waals surface area (Å²) in [5.74, 6) is -1.58. The second kappa shape index (κ2) is 7.23. The Labute approximate surface area is 145 Å². The van der Waals surface area contributed by atoms with E-state index in [9.17, 15) is 13.6 Å². The maximum Gasteiger partial charge on any atom is 0.225 e. The summed E-state index contributed by atoms with van der Waals surface area (Å²) < 4.78 is 27.0. The van der Waals surface area contributed by atoms with Crippen LogP contribution in [0.4, 0.5) is 14.5 Å². The average molecular weight is 365 g/mol. The highest BCUT2D eigenvalue weighted by Gasteiger charge is 2.13. The summed E-state index contributed by atoms with van der Waals surface area (Å²) in [4.78, 5) is 22.4. The van der Waals surface area contributed by atoms with Gasteiger partial charge in [0.15, 0.2) is 0 Å². The molecule has 3 aromatic rings. The van der Waals surface area contributed by atoms with Crippen LogP contribution >= 0.6 is 23.1 Å². The molecule has 8 heteroatoms. The molecule has 0 unspecified atom stereocenters. The molecule has 0 saturated heterocycles. The number of amides is 1. The first-order chi connectivity index (χ1) is 11.5. The van der Waals surface area contributed by atoms with Crippen molar-refractivity contribution < 1.29 is 13.6 Å². The highest BCUT2D eigenvalue weighted by Crippen LogP contribution is 2.30. The van der Waals surface area contributed by atoms with Crippen molar-refractivity contribution in [3.63, 3.8) is 0 Å². The maximum atomic E-state index is 13.5. The number of thioether (sulfide) groups is 1. The molecule has 1 amide bonds. The number of rotatable bonds is 5. The normalized spacial score (nSPS) is 11.0. The van der Waals surface area contributed by atoms with E-state index in [1.54, 1.807) is 11.3 Å². The van der Waals surface area contributed by atoms with Crippen molar-refractivity contribution in [1.82, 2.24) is 9.97 Å². The zero-order chi connectivity index (χ0) is 17.1. The van der Waals surface area contributed by atoms with Gasteiger partial charge in [-0.2, -0.15) is 0 Å². The Balaban J connectivity index is 1.60. The van der Waals surface area contributed by atoms with Crippen molar-refractivity contribution in [3.8, 4) is 0 Å². The van der Waals surface area contributed by atoms with E-state index < -0.39 is 23.2 Å². The van der Waals surface area contributed by atoms with Gasteiger partial charge in [-0.1, -0.05) is 6.07 Å². The molecule has 1 N–H and O–H groups in total. The van der Waals surface area contributed by atoms with Crippen molar-refractivity contribution in [2.45, 2.75) is 18.4 Å². The summed E-state index contributed by atoms with van der Waals surface area (Å²) in [5.41, 5.74) is -0.412. The van der Waals surface area contributed by atoms with Crippen LogP contribution in [0.2, 0.25) is 0 Å². The lowest BCUT2D eigenvalue weighted by molar-refractivity contribution is -0.115. The first-order valence-corrected chi connectivity index (χ1v) is 8.92. The monoisotopic (exact) mass is 365 g/mol. The average Bonchev–Trinajstić information content (AvgIpc) is 2.92. The van der Waals surface area contributed by atoms with Crippen molar-refractivity contribution >= 4 is 44.9 Å². The van der Waals surface area contributed by atoms with Crippen molar-refractivity contribution in [3.05, 3.63) is 47.1 Å². The molecule has 2 aromatic heterocycles. The van der Waals surface area contributed by atoms with Gasteiger partial charge in [-0.15, -0.1) is 23.1 Å². The van der Waals surface area contributed by atoms with Gasteiger partial charge in [0.1, 0.15) is 33.5 Å². The minimum absolute atomic E-state index is 0.118. The Kier molecular flexibility index (Phi) is 5.06. The van der Waals surface area contributed by atoms with Crippen LogP contribution in [0.25, 0.3) is 10.2 Å². The van der Waals surface area contributed by atoms with E-state index in [-0.39, 0.29) is 6.42 Å². The van der Waals surface area contributed by atoms with Gasteiger partial charge < -0.3 is 5.32 Å². The van der Waals surface area contributed by atoms with Crippen LogP contribution in [0, 0.1) is 18.6 Å². The molecule has 0 spiro atoms. The number of hydrogen-bond donors (Lipinski definition) is 1. The Bertz CT molecular complexity index is 878. The summed E-state index contributed by atoms with van der Waals surface area (Å²) in [5, 5.41) is 4.04. The van der Waals surface area contributed by atoms with Crippen LogP contribution in [0.15, 0.2) is 35.6 Å². The van der Waals surface area contributed by atoms with Crippen LogP contribution in [-0.4, -0.2) is 21.6 Å². The number of thiophene rings is 1. The number of aromatic nitrogens is 2. The Morgan fingerprint density at radius 3 is 2.79 bits per heavy atom. The van der Waals surface area contributed by atoms with Crippen molar-refractivity contribution in [2.24, 2.45) is 0 Å². The minimum atomic E-state index is -0.790. The molecule has 0 aliphatic carbocycles. The molecule has 3 rings (SSSR count). The van der Waals surface area contributed by atoms with Gasteiger partial charge in [0.25, 0.3) is 0 Å². The molecule has 0 atom stereocenters. The molecule has 24 heavy (non-hydrogen) atoms. The number of hydrogen-bond acceptors (Lipinski definition) is 5. The second-order valence-corrected chi connectivity index (χ2v) is 7.32. The SMILES string of the molecule is Cc1cc2c(SCCC(=O)Nc3c(F)cccc3F)ncnc2s1. The Morgan fingerprint density at radius 2 is 2.04 bits per heavy atom. The van der Waals surface area contributed by atoms with Crippen LogP contribution in [0.1, 0.15) is 11.3 Å². The molecule has 0 bridgehead atoms. The number of nitrogens with one attached hydrogen (secondary N) is 1. The quantitative estimate of drug-likeness (QED) is 0.538. The summed E-state index contributed by atoms with van der Waals surface area (Å²) in [7, 11) is 0. The fourth-order valence-electron chi connectivity index (χ4n) is 2.13. The standard InChI is InChI=1S/C16H13F2N3OS2/c1-9-7-10-15(19-8-20-16(10)24-9)23-6-5-13(22)21-14-11(17)3-2-4-12(14)18/h2-4,7-8H,5-6H2,1H3,(H,21,22). The first kappa shape index (κ1) is 16.8. The van der Waals surface area contributed by atoms with Gasteiger partial charge in [-0.3, -0.25) is 4.79 Å². The van der Waals surface area contributed by atoms with Crippen molar-refractivity contribution in [2.75, 3.05) is 11.1 Å². The number of anilines is 1. The number of benzene rings is 1. The van der Waals surface area contributed by atoms with Crippen LogP contribution < -0.4 is 5.32 Å². The number of para-hydroxylation sites is 1. The maximum absolute atomic E-state index is 13.5. The number of nitrogens with zero attached hydrogens (tertiary/aromatic N) is 2. The third-order valence-electron chi connectivity index (χ3n) is 3.21. The van der Waals surface area contributed by atoms with Gasteiger partial charge in [-0.05, 0) is 25.1 Å². The van der Waals surface area contributed by atoms with E-state index in [0.717, 1.165) is 32.3 Å². The molecule has 2 heterocycles. The van der Waals surface area contributed by atoms with Crippen LogP contribution in [0.3, 0.4) is 0 Å². The van der Waals surface area contributed by atoms with E-state index in [0.29, 0.717) is 5.75 Å². The smallest absolute Gasteiger partial charge is 0.225 e. The molecule has 0 saturated carbocycles. The van der Waals surface area contributed by atoms with Gasteiger partial charge in [0.2, 0.25) is 5.91 Å². The lowest BCUT2D eigenvalue weighted by atomic mass is 10.3. The van der Waals surface area contributed by atoms with E-state index >= 15 is 0 Å². The number of aryl methyl sites for hydroxylation is 1. The topological polar surface area (TPSA) is 54.9 Å². The van der Waals surface area contributed by atoms with Gasteiger partial charge in [0.05, 0.1) is 0 Å². The molecular formula is C16H13F2N3OS2. The Hall–Kier alpha value is -2.06. The summed E-state index contributed by atoms with van der Waals surface area (Å²) >= 11 is 3.00. The number of fused-ring (bicyclic) bond motifs is 1. The lowest BCUT2D eigenvalue weighted by Crippen LogP contribution is -2.14. The third-order valence-corrected chi connectivity index (χ3v) is 5.18. The largest absolute Gasteiger partial charge is 0.321 e. The molecule has 1 aromatic carbocycles. The molecular weight excluding hydrogens is 352 g/mol. The lowest BCUT2D eigenvalue weighted by Gasteiger charge is -2.07. The molecule has 124 valence electrons. The molecule has 0 fully saturated rings. The van der Waals surface area contributed by atoms with E-state index in [2.05, 4.69) is 15.3 Å². The van der Waals surface area contributed by atoms with E-state index in [1.165, 1.54) is 24.2 Å². The molecule has 0 aliphatic rings. The van der Waals surface area contributed by atoms with Crippen LogP contribution in [0.5, 0.6) is 0 Å². The fraction of sp³-hybridized carbons (Fsp3) is 0.188. The minimum Gasteiger partial charge on any atom is -0.321 e. The summed E-state index contributed by atoms with van der Waals surface area (Å²) in [6.45, 7) is 2.00. The molecule has 4 nitrogen and oxygen atoms in total. The highest BCUT2D eigenvalue weighted by atomic mass is 32.2. The zero-order valence-electron chi connectivity index (χ0n) is 12.7. The van der Waals surface area contributed by atoms with Crippen molar-refractivity contribution in [1.29, 1.82) is 0 Å². The number of carbonyl (C=O) groups is 1. The third kappa shape index (κ3) is 3.70. The van der Waals surface area contributed by atoms with Gasteiger partial charge in [0, 0.05) is 22.4 Å². The fourth-order valence-corrected chi connectivity index (χ4v) is 3.95. The summed E-state index contributed by atoms with van der Waals surface area (Å²) in [6, 6.07) is 5.46. The van der Waals surface area contributed by atoms with Gasteiger partial charge >= 0.3 is 0 Å². The molecule has 0 radical (unpaired) electrons. The van der Waals surface area contributed by atoms with E-state index in [1.807, 2.05) is 13.0 Å². The number of carbonyl (C=O) groups excluding carboxylic acids is 1. The predicted octanol–water partition coefficient (Wildman–Crippen LogP) is 4.40. The predicted molar refractivity (Wildman–Crippen MR) is 92.5 cm³/mol. The van der Waals surface area contributed by atoms with Gasteiger partial charge in [-0.25, -0.2) is 18.7 Å². The first-order valence-electron chi connectivity index (χ1n) is 7.12. The second-order valence-electron chi connectivity index (χ2n) is 5.00. The Morgan fingerprint density at radius 1 is 1.29 bits per heavy atom. The number of halogens is 2.